The number of β-amino-alcohol motifs (C(OH)–C–C–N with tert-alkyl or cyclic N) is 1. The van der Waals surface area contributed by atoms with E-state index >= 15 is 0 Å². The zero-order chi connectivity index (χ0) is 23.9. The average Bonchev–Trinajstić information content (AvgIpc) is 3.32. The highest BCUT2D eigenvalue weighted by molar-refractivity contribution is 5.53. The van der Waals surface area contributed by atoms with Gasteiger partial charge in [0, 0.05) is 39.3 Å². The molecule has 4 rings (SSSR count). The van der Waals surface area contributed by atoms with Crippen LogP contribution in [0.2, 0.25) is 0 Å². The van der Waals surface area contributed by atoms with E-state index < -0.39 is 6.10 Å². The molecule has 1 saturated heterocycles. The van der Waals surface area contributed by atoms with Crippen LogP contribution in [0.4, 0.5) is 0 Å². The van der Waals surface area contributed by atoms with Gasteiger partial charge in [-0.05, 0) is 35.4 Å². The number of hydrogen-bond donors (Lipinski definition) is 1. The Bertz CT molecular complexity index is 922. The molecular formula is C25H34N2O7. The van der Waals surface area contributed by atoms with Gasteiger partial charge in [0.15, 0.2) is 23.0 Å². The molecule has 2 aliphatic heterocycles. The van der Waals surface area contributed by atoms with E-state index in [1.54, 1.807) is 21.3 Å². The molecular weight excluding hydrogens is 440 g/mol. The molecule has 2 heterocycles. The molecule has 34 heavy (non-hydrogen) atoms. The topological polar surface area (TPSA) is 82.1 Å². The molecule has 1 N–H and O–H groups in total. The molecule has 2 aliphatic rings. The lowest BCUT2D eigenvalue weighted by atomic mass is 10.1. The predicted molar refractivity (Wildman–Crippen MR) is 126 cm³/mol. The van der Waals surface area contributed by atoms with Crippen LogP contribution in [-0.4, -0.2) is 88.5 Å². The molecule has 1 fully saturated rings. The average molecular weight is 475 g/mol. The van der Waals surface area contributed by atoms with Crippen LogP contribution in [0.25, 0.3) is 0 Å². The van der Waals surface area contributed by atoms with Crippen LogP contribution in [0.15, 0.2) is 30.3 Å². The van der Waals surface area contributed by atoms with Gasteiger partial charge in [0.1, 0.15) is 0 Å². The normalized spacial score (nSPS) is 16.9. The molecule has 0 spiro atoms. The van der Waals surface area contributed by atoms with E-state index in [9.17, 15) is 5.11 Å². The lowest BCUT2D eigenvalue weighted by Gasteiger charge is -2.35. The van der Waals surface area contributed by atoms with Gasteiger partial charge >= 0.3 is 0 Å². The van der Waals surface area contributed by atoms with Gasteiger partial charge in [-0.2, -0.15) is 0 Å². The Morgan fingerprint density at radius 3 is 2.21 bits per heavy atom. The summed E-state index contributed by atoms with van der Waals surface area (Å²) in [7, 11) is 4.74. The van der Waals surface area contributed by atoms with Crippen molar-refractivity contribution >= 4 is 0 Å². The zero-order valence-corrected chi connectivity index (χ0v) is 20.1. The van der Waals surface area contributed by atoms with Crippen molar-refractivity contribution < 1.29 is 33.5 Å². The Hall–Kier alpha value is -2.72. The van der Waals surface area contributed by atoms with Crippen molar-refractivity contribution in [1.29, 1.82) is 0 Å². The molecule has 9 nitrogen and oxygen atoms in total. The van der Waals surface area contributed by atoms with Crippen molar-refractivity contribution in [2.75, 3.05) is 67.5 Å². The maximum Gasteiger partial charge on any atom is 0.231 e. The van der Waals surface area contributed by atoms with Gasteiger partial charge in [0.05, 0.1) is 40.6 Å². The van der Waals surface area contributed by atoms with Gasteiger partial charge in [-0.25, -0.2) is 0 Å². The fourth-order valence-electron chi connectivity index (χ4n) is 4.31. The fraction of sp³-hybridized carbons (Fsp3) is 0.520. The highest BCUT2D eigenvalue weighted by atomic mass is 16.7. The van der Waals surface area contributed by atoms with E-state index in [1.807, 2.05) is 18.2 Å². The van der Waals surface area contributed by atoms with E-state index in [-0.39, 0.29) is 6.61 Å². The summed E-state index contributed by atoms with van der Waals surface area (Å²) in [5.74, 6) is 3.35. The lowest BCUT2D eigenvalue weighted by molar-refractivity contribution is 0.000804. The van der Waals surface area contributed by atoms with Gasteiger partial charge in [0.25, 0.3) is 0 Å². The number of hydrogen-bond acceptors (Lipinski definition) is 9. The first-order valence-corrected chi connectivity index (χ1v) is 11.5. The van der Waals surface area contributed by atoms with Crippen LogP contribution >= 0.6 is 0 Å². The number of fused-ring (bicyclic) bond motifs is 1. The smallest absolute Gasteiger partial charge is 0.231 e. The Morgan fingerprint density at radius 2 is 1.53 bits per heavy atom. The number of nitrogens with zero attached hydrogens (tertiary/aromatic N) is 2. The van der Waals surface area contributed by atoms with Gasteiger partial charge in [-0.1, -0.05) is 6.07 Å². The third-order valence-electron chi connectivity index (χ3n) is 6.08. The van der Waals surface area contributed by atoms with Crippen molar-refractivity contribution in [3.8, 4) is 28.7 Å². The summed E-state index contributed by atoms with van der Waals surface area (Å²) < 4.78 is 32.7. The molecule has 0 radical (unpaired) electrons. The van der Waals surface area contributed by atoms with Gasteiger partial charge in [-0.3, -0.25) is 9.80 Å². The van der Waals surface area contributed by atoms with Gasteiger partial charge in [0.2, 0.25) is 12.5 Å². The first-order valence-electron chi connectivity index (χ1n) is 11.5. The third-order valence-corrected chi connectivity index (χ3v) is 6.08. The molecule has 0 unspecified atom stereocenters. The molecule has 2 aromatic rings. The maximum atomic E-state index is 10.5. The Morgan fingerprint density at radius 1 is 0.853 bits per heavy atom. The summed E-state index contributed by atoms with van der Waals surface area (Å²) >= 11 is 0. The summed E-state index contributed by atoms with van der Waals surface area (Å²) in [6, 6.07) is 9.83. The largest absolute Gasteiger partial charge is 0.493 e. The second kappa shape index (κ2) is 11.6. The van der Waals surface area contributed by atoms with Crippen LogP contribution in [0.1, 0.15) is 11.1 Å². The number of rotatable bonds is 11. The Kier molecular flexibility index (Phi) is 8.34. The van der Waals surface area contributed by atoms with Crippen LogP contribution in [0.5, 0.6) is 28.7 Å². The monoisotopic (exact) mass is 474 g/mol. The highest BCUT2D eigenvalue weighted by Gasteiger charge is 2.21. The van der Waals surface area contributed by atoms with E-state index in [0.29, 0.717) is 37.2 Å². The minimum absolute atomic E-state index is 0.258. The van der Waals surface area contributed by atoms with E-state index in [2.05, 4.69) is 21.9 Å². The van der Waals surface area contributed by atoms with Crippen LogP contribution in [0, 0.1) is 0 Å². The Balaban J connectivity index is 1.18. The first kappa shape index (κ1) is 24.4. The van der Waals surface area contributed by atoms with Crippen LogP contribution in [0.3, 0.4) is 0 Å². The minimum Gasteiger partial charge on any atom is -0.493 e. The van der Waals surface area contributed by atoms with Crippen molar-refractivity contribution in [3.05, 3.63) is 41.5 Å². The second-order valence-electron chi connectivity index (χ2n) is 8.47. The fourth-order valence-corrected chi connectivity index (χ4v) is 4.31. The summed E-state index contributed by atoms with van der Waals surface area (Å²) in [5, 5.41) is 10.5. The zero-order valence-electron chi connectivity index (χ0n) is 20.1. The quantitative estimate of drug-likeness (QED) is 0.527. The SMILES string of the molecule is COc1cc(COC[C@@H](O)CN2CCN(Cc3ccc4c(c3)OCO4)CC2)cc(OC)c1OC. The van der Waals surface area contributed by atoms with E-state index in [0.717, 1.165) is 49.8 Å². The molecule has 1 atom stereocenters. The van der Waals surface area contributed by atoms with Crippen molar-refractivity contribution in [1.82, 2.24) is 9.80 Å². The molecule has 0 aliphatic carbocycles. The Labute approximate surface area is 200 Å². The third kappa shape index (κ3) is 6.04. The van der Waals surface area contributed by atoms with Crippen molar-refractivity contribution in [3.63, 3.8) is 0 Å². The number of ether oxygens (including phenoxy) is 6. The second-order valence-corrected chi connectivity index (χ2v) is 8.47. The number of piperazine rings is 1. The summed E-state index contributed by atoms with van der Waals surface area (Å²) in [6.45, 7) is 6.10. The highest BCUT2D eigenvalue weighted by Crippen LogP contribution is 2.38. The molecule has 9 heteroatoms. The van der Waals surface area contributed by atoms with Gasteiger partial charge < -0.3 is 33.5 Å². The number of methoxy groups -OCH3 is 3. The number of aliphatic hydroxyl groups excluding tert-OH is 1. The van der Waals surface area contributed by atoms with Crippen molar-refractivity contribution in [2.45, 2.75) is 19.3 Å². The summed E-state index contributed by atoms with van der Waals surface area (Å²) in [5.41, 5.74) is 2.11. The molecule has 186 valence electrons. The van der Waals surface area contributed by atoms with E-state index in [4.69, 9.17) is 28.4 Å². The predicted octanol–water partition coefficient (Wildman–Crippen LogP) is 2.14. The van der Waals surface area contributed by atoms with Crippen LogP contribution < -0.4 is 23.7 Å². The minimum atomic E-state index is -0.553. The molecule has 0 saturated carbocycles. The lowest BCUT2D eigenvalue weighted by Crippen LogP contribution is -2.48. The summed E-state index contributed by atoms with van der Waals surface area (Å²) in [6.07, 6.45) is -0.553. The molecule has 0 aromatic heterocycles. The summed E-state index contributed by atoms with van der Waals surface area (Å²) in [4.78, 5) is 4.70. The van der Waals surface area contributed by atoms with Crippen molar-refractivity contribution in [2.24, 2.45) is 0 Å². The van der Waals surface area contributed by atoms with Crippen LogP contribution in [-0.2, 0) is 17.9 Å². The molecule has 2 aromatic carbocycles. The van der Waals surface area contributed by atoms with E-state index in [1.165, 1.54) is 5.56 Å². The standard InChI is InChI=1S/C25H34N2O7/c1-29-23-11-19(12-24(30-2)25(23)31-3)15-32-16-20(28)14-27-8-6-26(7-9-27)13-18-4-5-21-22(10-18)34-17-33-21/h4-5,10-12,20,28H,6-9,13-17H2,1-3H3/t20-/m0/s1. The number of aliphatic hydroxyl groups is 1. The molecule has 0 amide bonds. The molecule has 0 bridgehead atoms. The van der Waals surface area contributed by atoms with Gasteiger partial charge in [-0.15, -0.1) is 0 Å². The number of benzene rings is 2. The first-order chi connectivity index (χ1) is 16.6. The maximum absolute atomic E-state index is 10.5.